The molecule has 0 heterocycles. The maximum atomic E-state index is 6.35. The van der Waals surface area contributed by atoms with E-state index >= 15 is 0 Å². The molecule has 4 aliphatic carbocycles. The van der Waals surface area contributed by atoms with Crippen molar-refractivity contribution in [2.24, 2.45) is 23.7 Å². The van der Waals surface area contributed by atoms with Gasteiger partial charge in [-0.05, 0) is 74.3 Å². The number of hydrogen-bond acceptors (Lipinski definition) is 1. The minimum atomic E-state index is 0.367. The van der Waals surface area contributed by atoms with Crippen molar-refractivity contribution in [3.8, 4) is 0 Å². The lowest BCUT2D eigenvalue weighted by atomic mass is 9.54. The van der Waals surface area contributed by atoms with Crippen LogP contribution < -0.4 is 5.32 Å². The quantitative estimate of drug-likeness (QED) is 0.841. The third-order valence-electron chi connectivity index (χ3n) is 6.04. The highest BCUT2D eigenvalue weighted by atomic mass is 35.5. The van der Waals surface area contributed by atoms with Crippen LogP contribution in [0.25, 0.3) is 0 Å². The van der Waals surface area contributed by atoms with Crippen LogP contribution in [0.2, 0.25) is 5.02 Å². The van der Waals surface area contributed by atoms with Crippen LogP contribution >= 0.6 is 11.6 Å². The highest BCUT2D eigenvalue weighted by molar-refractivity contribution is 6.31. The Morgan fingerprint density at radius 2 is 1.60 bits per heavy atom. The lowest BCUT2D eigenvalue weighted by molar-refractivity contribution is -0.0171. The molecule has 20 heavy (non-hydrogen) atoms. The predicted octanol–water partition coefficient (Wildman–Crippen LogP) is 4.82. The average Bonchev–Trinajstić information content (AvgIpc) is 2.42. The van der Waals surface area contributed by atoms with Gasteiger partial charge in [-0.15, -0.1) is 0 Å². The Morgan fingerprint density at radius 3 is 2.20 bits per heavy atom. The van der Waals surface area contributed by atoms with E-state index in [-0.39, 0.29) is 0 Å². The van der Waals surface area contributed by atoms with Crippen LogP contribution in [0.15, 0.2) is 24.3 Å². The van der Waals surface area contributed by atoms with Crippen LogP contribution in [-0.2, 0) is 0 Å². The summed E-state index contributed by atoms with van der Waals surface area (Å²) in [5, 5.41) is 4.83. The number of hydrogen-bond donors (Lipinski definition) is 1. The summed E-state index contributed by atoms with van der Waals surface area (Å²) in [6.07, 6.45) is 7.42. The molecule has 108 valence electrons. The number of benzene rings is 1. The maximum Gasteiger partial charge on any atom is 0.0453 e. The van der Waals surface area contributed by atoms with Crippen LogP contribution in [-0.4, -0.2) is 6.04 Å². The van der Waals surface area contributed by atoms with E-state index in [1.54, 1.807) is 0 Å². The lowest BCUT2D eigenvalue weighted by Crippen LogP contribution is -2.54. The lowest BCUT2D eigenvalue weighted by Gasteiger charge is -2.55. The summed E-state index contributed by atoms with van der Waals surface area (Å²) in [4.78, 5) is 0. The zero-order valence-electron chi connectivity index (χ0n) is 12.2. The van der Waals surface area contributed by atoms with Crippen molar-refractivity contribution in [1.29, 1.82) is 0 Å². The Hall–Kier alpha value is -0.530. The van der Waals surface area contributed by atoms with E-state index in [4.69, 9.17) is 11.6 Å². The van der Waals surface area contributed by atoms with Gasteiger partial charge in [0, 0.05) is 17.1 Å². The summed E-state index contributed by atoms with van der Waals surface area (Å²) in [6.45, 7) is 2.27. The molecule has 4 bridgehead atoms. The van der Waals surface area contributed by atoms with Gasteiger partial charge in [0.25, 0.3) is 0 Å². The van der Waals surface area contributed by atoms with Crippen molar-refractivity contribution in [1.82, 2.24) is 5.32 Å². The van der Waals surface area contributed by atoms with Crippen LogP contribution in [0.4, 0.5) is 0 Å². The number of halogens is 1. The largest absolute Gasteiger partial charge is 0.307 e. The van der Waals surface area contributed by atoms with Crippen LogP contribution in [0, 0.1) is 23.7 Å². The van der Waals surface area contributed by atoms with Crippen LogP contribution in [0.1, 0.15) is 50.6 Å². The van der Waals surface area contributed by atoms with Crippen LogP contribution in [0.3, 0.4) is 0 Å². The summed E-state index contributed by atoms with van der Waals surface area (Å²) in [7, 11) is 0. The molecule has 1 N–H and O–H groups in total. The fourth-order valence-electron chi connectivity index (χ4n) is 5.40. The Bertz CT molecular complexity index is 470. The Morgan fingerprint density at radius 1 is 1.00 bits per heavy atom. The second-order valence-corrected chi connectivity index (χ2v) is 7.77. The zero-order valence-corrected chi connectivity index (χ0v) is 12.9. The van der Waals surface area contributed by atoms with Gasteiger partial charge in [0.05, 0.1) is 0 Å². The van der Waals surface area contributed by atoms with Crippen molar-refractivity contribution < 1.29 is 0 Å². The molecule has 0 aromatic heterocycles. The van der Waals surface area contributed by atoms with E-state index < -0.39 is 0 Å². The van der Waals surface area contributed by atoms with Crippen molar-refractivity contribution in [2.45, 2.75) is 51.1 Å². The van der Waals surface area contributed by atoms with Crippen molar-refractivity contribution in [3.05, 3.63) is 34.9 Å². The molecule has 1 nitrogen and oxygen atoms in total. The molecule has 4 saturated carbocycles. The third kappa shape index (κ3) is 2.19. The third-order valence-corrected chi connectivity index (χ3v) is 6.39. The second-order valence-electron chi connectivity index (χ2n) is 7.37. The molecule has 0 saturated heterocycles. The van der Waals surface area contributed by atoms with Crippen molar-refractivity contribution in [3.63, 3.8) is 0 Å². The standard InChI is InChI=1S/C18H24ClN/c1-11(16-4-2-3-5-17(16)19)20-18-14-7-12-6-13(9-14)10-15(18)8-12/h2-5,11-15,18,20H,6-10H2,1H3/t11-,12?,13?,14?,15?,18?/m0/s1. The summed E-state index contributed by atoms with van der Waals surface area (Å²) in [6, 6.07) is 9.38. The molecule has 2 heteroatoms. The molecule has 0 amide bonds. The molecule has 0 unspecified atom stereocenters. The molecule has 4 fully saturated rings. The van der Waals surface area contributed by atoms with E-state index in [1.807, 2.05) is 12.1 Å². The van der Waals surface area contributed by atoms with Gasteiger partial charge in [0.15, 0.2) is 0 Å². The molecular weight excluding hydrogens is 266 g/mol. The molecule has 1 aromatic carbocycles. The van der Waals surface area contributed by atoms with Gasteiger partial charge in [-0.2, -0.15) is 0 Å². The zero-order chi connectivity index (χ0) is 13.7. The Kier molecular flexibility index (Phi) is 3.31. The first-order valence-corrected chi connectivity index (χ1v) is 8.59. The highest BCUT2D eigenvalue weighted by Crippen LogP contribution is 2.54. The van der Waals surface area contributed by atoms with Gasteiger partial charge >= 0.3 is 0 Å². The Balaban J connectivity index is 1.50. The first kappa shape index (κ1) is 13.2. The average molecular weight is 290 g/mol. The smallest absolute Gasteiger partial charge is 0.0453 e. The minimum absolute atomic E-state index is 0.367. The molecule has 0 aliphatic heterocycles. The van der Waals surface area contributed by atoms with Gasteiger partial charge in [-0.3, -0.25) is 0 Å². The fourth-order valence-corrected chi connectivity index (χ4v) is 5.70. The minimum Gasteiger partial charge on any atom is -0.307 e. The SMILES string of the molecule is C[C@H](NC1C2CC3CC(C2)CC1C3)c1ccccc1Cl. The normalized spacial score (nSPS) is 40.0. The van der Waals surface area contributed by atoms with Crippen molar-refractivity contribution >= 4 is 11.6 Å². The number of nitrogens with one attached hydrogen (secondary N) is 1. The van der Waals surface area contributed by atoms with E-state index in [0.717, 1.165) is 34.7 Å². The molecule has 4 aliphatic rings. The molecule has 0 radical (unpaired) electrons. The predicted molar refractivity (Wildman–Crippen MR) is 83.8 cm³/mol. The Labute approximate surface area is 127 Å². The molecular formula is C18H24ClN. The molecule has 1 atom stereocenters. The van der Waals surface area contributed by atoms with Gasteiger partial charge in [0.2, 0.25) is 0 Å². The first-order chi connectivity index (χ1) is 9.70. The van der Waals surface area contributed by atoms with Gasteiger partial charge in [-0.1, -0.05) is 29.8 Å². The van der Waals surface area contributed by atoms with E-state index in [0.29, 0.717) is 6.04 Å². The van der Waals surface area contributed by atoms with E-state index in [1.165, 1.54) is 37.7 Å². The first-order valence-electron chi connectivity index (χ1n) is 8.21. The van der Waals surface area contributed by atoms with Crippen molar-refractivity contribution in [2.75, 3.05) is 0 Å². The summed E-state index contributed by atoms with van der Waals surface area (Å²) in [5.41, 5.74) is 1.25. The topological polar surface area (TPSA) is 12.0 Å². The van der Waals surface area contributed by atoms with Gasteiger partial charge in [0.1, 0.15) is 0 Å². The van der Waals surface area contributed by atoms with Gasteiger partial charge in [-0.25, -0.2) is 0 Å². The molecule has 0 spiro atoms. The molecule has 5 rings (SSSR count). The monoisotopic (exact) mass is 289 g/mol. The van der Waals surface area contributed by atoms with Gasteiger partial charge < -0.3 is 5.32 Å². The maximum absolute atomic E-state index is 6.35. The molecule has 1 aromatic rings. The number of rotatable bonds is 3. The highest BCUT2D eigenvalue weighted by Gasteiger charge is 2.48. The fraction of sp³-hybridized carbons (Fsp3) is 0.667. The summed E-state index contributed by atoms with van der Waals surface area (Å²) < 4.78 is 0. The summed E-state index contributed by atoms with van der Waals surface area (Å²) in [5.74, 6) is 3.95. The van der Waals surface area contributed by atoms with E-state index in [9.17, 15) is 0 Å². The van der Waals surface area contributed by atoms with E-state index in [2.05, 4.69) is 24.4 Å². The summed E-state index contributed by atoms with van der Waals surface area (Å²) >= 11 is 6.35. The second kappa shape index (κ2) is 5.03. The van der Waals surface area contributed by atoms with Crippen LogP contribution in [0.5, 0.6) is 0 Å².